The molecule has 0 heterocycles. The molecule has 0 unspecified atom stereocenters. The summed E-state index contributed by atoms with van der Waals surface area (Å²) in [7, 11) is 0. The van der Waals surface area contributed by atoms with Gasteiger partial charge >= 0.3 is 6.18 Å². The number of benzene rings is 1. The highest BCUT2D eigenvalue weighted by molar-refractivity contribution is 5.28. The van der Waals surface area contributed by atoms with E-state index < -0.39 is 11.7 Å². The van der Waals surface area contributed by atoms with Crippen molar-refractivity contribution >= 4 is 0 Å². The number of hydrogen-bond donors (Lipinski definition) is 0. The molecule has 2 aliphatic rings. The van der Waals surface area contributed by atoms with Gasteiger partial charge in [-0.05, 0) is 92.9 Å². The quantitative estimate of drug-likeness (QED) is 0.464. The lowest BCUT2D eigenvalue weighted by atomic mass is 9.79. The van der Waals surface area contributed by atoms with Crippen molar-refractivity contribution < 1.29 is 13.2 Å². The van der Waals surface area contributed by atoms with Gasteiger partial charge in [-0.15, -0.1) is 0 Å². The van der Waals surface area contributed by atoms with E-state index in [0.717, 1.165) is 37.2 Å². The SMILES string of the molecule is CC[C@H]1CC[C@H](/C=C/C#C[C@H]2CC[C@H](c3ccc(C(F)(F)F)cc3)CC2)CC1. The van der Waals surface area contributed by atoms with Crippen molar-refractivity contribution in [3.63, 3.8) is 0 Å². The molecule has 0 saturated heterocycles. The van der Waals surface area contributed by atoms with Crippen LogP contribution in [0.4, 0.5) is 13.2 Å². The summed E-state index contributed by atoms with van der Waals surface area (Å²) < 4.78 is 38.1. The van der Waals surface area contributed by atoms with Crippen LogP contribution in [-0.2, 0) is 6.18 Å². The minimum absolute atomic E-state index is 0.365. The molecule has 0 aromatic heterocycles. The van der Waals surface area contributed by atoms with Gasteiger partial charge in [-0.1, -0.05) is 43.4 Å². The van der Waals surface area contributed by atoms with Crippen LogP contribution < -0.4 is 0 Å². The standard InChI is InChI=1S/C25H31F3/c1-2-19-7-9-20(10-8-19)5-3-4-6-21-11-13-22(14-12-21)23-15-17-24(18-16-23)25(26,27)28/h3,5,15-22H,2,7-14H2,1H3/b5-3+/t19-,20-,21-,22-. The van der Waals surface area contributed by atoms with Gasteiger partial charge in [0.2, 0.25) is 0 Å². The van der Waals surface area contributed by atoms with E-state index in [-0.39, 0.29) is 0 Å². The zero-order chi connectivity index (χ0) is 20.0. The zero-order valence-corrected chi connectivity index (χ0v) is 16.8. The highest BCUT2D eigenvalue weighted by Gasteiger charge is 2.30. The first kappa shape index (κ1) is 21.0. The van der Waals surface area contributed by atoms with E-state index in [1.54, 1.807) is 12.1 Å². The number of alkyl halides is 3. The van der Waals surface area contributed by atoms with Crippen molar-refractivity contribution in [1.29, 1.82) is 0 Å². The second kappa shape index (κ2) is 9.68. The van der Waals surface area contributed by atoms with Gasteiger partial charge in [0.1, 0.15) is 0 Å². The second-order valence-corrected chi connectivity index (χ2v) is 8.51. The van der Waals surface area contributed by atoms with E-state index in [2.05, 4.69) is 30.9 Å². The third-order valence-corrected chi connectivity index (χ3v) is 6.64. The summed E-state index contributed by atoms with van der Waals surface area (Å²) in [5.41, 5.74) is 0.466. The molecule has 1 aromatic carbocycles. The molecule has 0 atom stereocenters. The predicted molar refractivity (Wildman–Crippen MR) is 109 cm³/mol. The number of hydrogen-bond acceptors (Lipinski definition) is 0. The van der Waals surface area contributed by atoms with Gasteiger partial charge in [0.15, 0.2) is 0 Å². The summed E-state index contributed by atoms with van der Waals surface area (Å²) in [4.78, 5) is 0. The van der Waals surface area contributed by atoms with Crippen molar-refractivity contribution in [2.24, 2.45) is 17.8 Å². The van der Waals surface area contributed by atoms with E-state index in [4.69, 9.17) is 0 Å². The molecule has 28 heavy (non-hydrogen) atoms. The van der Waals surface area contributed by atoms with Crippen LogP contribution in [0.3, 0.4) is 0 Å². The van der Waals surface area contributed by atoms with E-state index in [1.807, 2.05) is 0 Å². The van der Waals surface area contributed by atoms with Crippen LogP contribution in [0.5, 0.6) is 0 Å². The van der Waals surface area contributed by atoms with Gasteiger partial charge in [-0.3, -0.25) is 0 Å². The molecule has 2 saturated carbocycles. The van der Waals surface area contributed by atoms with Gasteiger partial charge in [0.25, 0.3) is 0 Å². The highest BCUT2D eigenvalue weighted by Crippen LogP contribution is 2.37. The van der Waals surface area contributed by atoms with Gasteiger partial charge in [0, 0.05) is 5.92 Å². The molecule has 3 rings (SSSR count). The molecule has 0 nitrogen and oxygen atoms in total. The maximum atomic E-state index is 12.7. The molecular weight excluding hydrogens is 357 g/mol. The first-order valence-electron chi connectivity index (χ1n) is 10.8. The molecule has 1 aromatic rings. The molecular formula is C25H31F3. The third kappa shape index (κ3) is 5.90. The Labute approximate surface area is 167 Å². The van der Waals surface area contributed by atoms with Gasteiger partial charge in [-0.2, -0.15) is 13.2 Å². The normalized spacial score (nSPS) is 28.7. The fourth-order valence-corrected chi connectivity index (χ4v) is 4.65. The Hall–Kier alpha value is -1.69. The fraction of sp³-hybridized carbons (Fsp3) is 0.600. The lowest BCUT2D eigenvalue weighted by molar-refractivity contribution is -0.137. The minimum atomic E-state index is -4.26. The molecule has 0 radical (unpaired) electrons. The van der Waals surface area contributed by atoms with Gasteiger partial charge in [0.05, 0.1) is 5.56 Å². The lowest BCUT2D eigenvalue weighted by Crippen LogP contribution is -2.12. The van der Waals surface area contributed by atoms with Crippen LogP contribution in [0.25, 0.3) is 0 Å². The zero-order valence-electron chi connectivity index (χ0n) is 16.8. The summed E-state index contributed by atoms with van der Waals surface area (Å²) in [6.07, 6.45) is 10.8. The largest absolute Gasteiger partial charge is 0.416 e. The Balaban J connectivity index is 1.43. The molecule has 0 N–H and O–H groups in total. The fourth-order valence-electron chi connectivity index (χ4n) is 4.65. The monoisotopic (exact) mass is 388 g/mol. The number of allylic oxidation sites excluding steroid dienone is 2. The van der Waals surface area contributed by atoms with Crippen LogP contribution in [-0.4, -0.2) is 0 Å². The summed E-state index contributed by atoms with van der Waals surface area (Å²) in [5.74, 6) is 9.06. The molecule has 2 fully saturated rings. The van der Waals surface area contributed by atoms with E-state index in [0.29, 0.717) is 17.8 Å². The molecule has 0 amide bonds. The Morgan fingerprint density at radius 2 is 1.57 bits per heavy atom. The Kier molecular flexibility index (Phi) is 7.27. The summed E-state index contributed by atoms with van der Waals surface area (Å²) in [5, 5.41) is 0. The van der Waals surface area contributed by atoms with Crippen LogP contribution in [0.1, 0.15) is 81.8 Å². The molecule has 152 valence electrons. The average molecular weight is 389 g/mol. The Morgan fingerprint density at radius 3 is 2.14 bits per heavy atom. The van der Waals surface area contributed by atoms with Crippen LogP contribution >= 0.6 is 0 Å². The van der Waals surface area contributed by atoms with Crippen molar-refractivity contribution in [2.45, 2.75) is 76.8 Å². The summed E-state index contributed by atoms with van der Waals surface area (Å²) in [6.45, 7) is 2.29. The van der Waals surface area contributed by atoms with Crippen LogP contribution in [0, 0.1) is 29.6 Å². The highest BCUT2D eigenvalue weighted by atomic mass is 19.4. The molecule has 3 heteroatoms. The topological polar surface area (TPSA) is 0 Å². The maximum absolute atomic E-state index is 12.7. The third-order valence-electron chi connectivity index (χ3n) is 6.64. The molecule has 0 aliphatic heterocycles. The maximum Gasteiger partial charge on any atom is 0.416 e. The van der Waals surface area contributed by atoms with Crippen molar-refractivity contribution in [3.8, 4) is 11.8 Å². The van der Waals surface area contributed by atoms with Crippen molar-refractivity contribution in [3.05, 3.63) is 47.5 Å². The first-order valence-corrected chi connectivity index (χ1v) is 10.8. The smallest absolute Gasteiger partial charge is 0.166 e. The summed E-state index contributed by atoms with van der Waals surface area (Å²) >= 11 is 0. The first-order chi connectivity index (χ1) is 13.5. The lowest BCUT2D eigenvalue weighted by Gasteiger charge is -2.26. The van der Waals surface area contributed by atoms with Crippen molar-refractivity contribution in [2.75, 3.05) is 0 Å². The number of rotatable bonds is 3. The van der Waals surface area contributed by atoms with Crippen molar-refractivity contribution in [1.82, 2.24) is 0 Å². The second-order valence-electron chi connectivity index (χ2n) is 8.51. The summed E-state index contributed by atoms with van der Waals surface area (Å²) in [6, 6.07) is 5.71. The number of halogens is 3. The predicted octanol–water partition coefficient (Wildman–Crippen LogP) is 7.76. The molecule has 2 aliphatic carbocycles. The van der Waals surface area contributed by atoms with Gasteiger partial charge in [-0.25, -0.2) is 0 Å². The Morgan fingerprint density at radius 1 is 0.929 bits per heavy atom. The molecule has 0 spiro atoms. The van der Waals surface area contributed by atoms with E-state index >= 15 is 0 Å². The Bertz CT molecular complexity index is 686. The van der Waals surface area contributed by atoms with E-state index in [1.165, 1.54) is 44.2 Å². The molecule has 0 bridgehead atoms. The average Bonchev–Trinajstić information content (AvgIpc) is 2.71. The van der Waals surface area contributed by atoms with Crippen LogP contribution in [0.2, 0.25) is 0 Å². The van der Waals surface area contributed by atoms with E-state index in [9.17, 15) is 13.2 Å². The van der Waals surface area contributed by atoms with Gasteiger partial charge < -0.3 is 0 Å². The van der Waals surface area contributed by atoms with Crippen LogP contribution in [0.15, 0.2) is 36.4 Å². The minimum Gasteiger partial charge on any atom is -0.166 e.